The average Bonchev–Trinajstić information content (AvgIpc) is 3.84. The number of amidine groups is 2. The number of rotatable bonds is 16. The minimum absolute atomic E-state index is 0.0492. The first-order valence-corrected chi connectivity index (χ1v) is 16.3. The summed E-state index contributed by atoms with van der Waals surface area (Å²) in [5.74, 6) is -3.18. The monoisotopic (exact) mass is 742 g/mol. The molecule has 0 unspecified atom stereocenters. The largest absolute Gasteiger partial charge is 0.388 e. The molecule has 0 aliphatic rings. The molecule has 284 valence electrons. The summed E-state index contributed by atoms with van der Waals surface area (Å²) in [6.45, 7) is 0.391. The molecule has 0 aromatic carbocycles. The number of nitrogens with one attached hydrogen (secondary N) is 8. The quantitative estimate of drug-likeness (QED) is 0.0444. The van der Waals surface area contributed by atoms with Gasteiger partial charge in [-0.3, -0.25) is 39.6 Å². The van der Waals surface area contributed by atoms with Gasteiger partial charge in [-0.15, -0.1) is 0 Å². The van der Waals surface area contributed by atoms with Crippen molar-refractivity contribution in [1.29, 1.82) is 10.8 Å². The van der Waals surface area contributed by atoms with Crippen LogP contribution in [-0.4, -0.2) is 78.5 Å². The third-order valence-corrected chi connectivity index (χ3v) is 7.75. The Morgan fingerprint density at radius 1 is 0.519 bits per heavy atom. The predicted octanol–water partition coefficient (Wildman–Crippen LogP) is 0.790. The number of anilines is 4. The third-order valence-electron chi connectivity index (χ3n) is 7.75. The fraction of sp³-hybridized carbons (Fsp3) is 0.235. The summed E-state index contributed by atoms with van der Waals surface area (Å²) >= 11 is 0. The highest BCUT2D eigenvalue weighted by Gasteiger charge is 2.19. The normalized spacial score (nSPS) is 10.8. The molecule has 0 spiro atoms. The molecule has 0 saturated carbocycles. The molecule has 0 fully saturated rings. The van der Waals surface area contributed by atoms with Crippen LogP contribution in [0, 0.1) is 10.8 Å². The second-order valence-corrected chi connectivity index (χ2v) is 12.2. The fourth-order valence-electron chi connectivity index (χ4n) is 5.15. The molecule has 12 N–H and O–H groups in total. The number of aromatic nitrogens is 4. The van der Waals surface area contributed by atoms with Gasteiger partial charge in [0.25, 0.3) is 23.6 Å². The Labute approximate surface area is 308 Å². The zero-order valence-corrected chi connectivity index (χ0v) is 30.0. The summed E-state index contributed by atoms with van der Waals surface area (Å²) in [5.41, 5.74) is 12.9. The second-order valence-electron chi connectivity index (χ2n) is 12.2. The number of hydrogen-bond donors (Lipinski definition) is 10. The molecule has 4 aromatic heterocycles. The Morgan fingerprint density at radius 2 is 0.796 bits per heavy atom. The van der Waals surface area contributed by atoms with Crippen molar-refractivity contribution in [3.63, 3.8) is 0 Å². The summed E-state index contributed by atoms with van der Waals surface area (Å²) < 4.78 is 6.07. The van der Waals surface area contributed by atoms with Crippen LogP contribution < -0.4 is 43.4 Å². The number of amides is 6. The molecule has 4 heterocycles. The maximum atomic E-state index is 13.0. The SMILES string of the molecule is Cn1cc(NC(=O)c2cc(NC(=O)/C=C/C(=O)Nc3cc(C(=O)Nc4cc(C(=O)NCCC(=N)N)n(C)c4)n(C)c3)cn2C)cc1C(=O)NCCC(=N)N. The Balaban J connectivity index is 1.28. The van der Waals surface area contributed by atoms with Gasteiger partial charge in [-0.25, -0.2) is 0 Å². The smallest absolute Gasteiger partial charge is 0.272 e. The van der Waals surface area contributed by atoms with Crippen molar-refractivity contribution in [2.45, 2.75) is 12.8 Å². The van der Waals surface area contributed by atoms with Crippen molar-refractivity contribution in [2.24, 2.45) is 39.7 Å². The van der Waals surface area contributed by atoms with E-state index < -0.39 is 35.4 Å². The van der Waals surface area contributed by atoms with E-state index in [9.17, 15) is 28.8 Å². The maximum absolute atomic E-state index is 13.0. The van der Waals surface area contributed by atoms with Gasteiger partial charge in [0.15, 0.2) is 0 Å². The second kappa shape index (κ2) is 17.2. The number of hydrogen-bond acceptors (Lipinski definition) is 8. The first-order valence-electron chi connectivity index (χ1n) is 16.3. The average molecular weight is 743 g/mol. The molecule has 0 atom stereocenters. The van der Waals surface area contributed by atoms with Crippen LogP contribution in [0.4, 0.5) is 22.7 Å². The fourth-order valence-corrected chi connectivity index (χ4v) is 5.15. The number of nitrogens with two attached hydrogens (primary N) is 2. The number of aryl methyl sites for hydroxylation is 4. The van der Waals surface area contributed by atoms with E-state index in [0.29, 0.717) is 11.4 Å². The summed E-state index contributed by atoms with van der Waals surface area (Å²) in [6, 6.07) is 5.88. The van der Waals surface area contributed by atoms with E-state index in [0.717, 1.165) is 12.2 Å². The molecular weight excluding hydrogens is 700 g/mol. The highest BCUT2D eigenvalue weighted by molar-refractivity contribution is 6.09. The van der Waals surface area contributed by atoms with Crippen LogP contribution in [0.1, 0.15) is 54.8 Å². The summed E-state index contributed by atoms with van der Waals surface area (Å²) in [5, 5.41) is 30.4. The lowest BCUT2D eigenvalue weighted by molar-refractivity contribution is -0.114. The van der Waals surface area contributed by atoms with E-state index >= 15 is 0 Å². The highest BCUT2D eigenvalue weighted by Crippen LogP contribution is 2.19. The number of nitrogens with zero attached hydrogens (tertiary/aromatic N) is 4. The molecule has 0 aliphatic heterocycles. The standard InChI is InChI=1S/C34H42N14O6/c1-45-17-21(13-23(45)31(51)39-9-7-27(35)36)43-33(53)25-11-19(15-47(25)3)41-29(49)5-6-30(50)42-20-12-26(48(4)16-20)34(54)44-22-14-24(46(2)18-22)32(52)40-10-8-28(37)38/h5-6,11-18H,7-10H2,1-4H3,(H3,35,36)(H3,37,38)(H,39,51)(H,40,52)(H,41,49)(H,42,50)(H,43,53)(H,44,54)/b6-5+. The summed E-state index contributed by atoms with van der Waals surface area (Å²) in [4.78, 5) is 76.1. The number of carbonyl (C=O) groups excluding carboxylic acids is 6. The van der Waals surface area contributed by atoms with Crippen LogP contribution in [0.5, 0.6) is 0 Å². The summed E-state index contributed by atoms with van der Waals surface area (Å²) in [6.07, 6.45) is 8.59. The van der Waals surface area contributed by atoms with Gasteiger partial charge >= 0.3 is 0 Å². The van der Waals surface area contributed by atoms with Crippen molar-refractivity contribution in [3.8, 4) is 0 Å². The van der Waals surface area contributed by atoms with E-state index in [1.807, 2.05) is 0 Å². The van der Waals surface area contributed by atoms with Crippen LogP contribution in [0.15, 0.2) is 61.2 Å². The van der Waals surface area contributed by atoms with Gasteiger partial charge in [0.1, 0.15) is 22.8 Å². The van der Waals surface area contributed by atoms with E-state index in [-0.39, 0.29) is 71.8 Å². The molecule has 0 aliphatic carbocycles. The van der Waals surface area contributed by atoms with E-state index in [4.69, 9.17) is 22.3 Å². The Morgan fingerprint density at radius 3 is 1.09 bits per heavy atom. The minimum Gasteiger partial charge on any atom is -0.388 e. The highest BCUT2D eigenvalue weighted by atomic mass is 16.2. The molecule has 20 nitrogen and oxygen atoms in total. The van der Waals surface area contributed by atoms with Gasteiger partial charge in [0.2, 0.25) is 11.8 Å². The Kier molecular flexibility index (Phi) is 12.6. The predicted molar refractivity (Wildman–Crippen MR) is 202 cm³/mol. The van der Waals surface area contributed by atoms with E-state index in [2.05, 4.69) is 31.9 Å². The molecule has 0 saturated heterocycles. The molecule has 54 heavy (non-hydrogen) atoms. The molecular formula is C34H42N14O6. The van der Waals surface area contributed by atoms with E-state index in [1.165, 1.54) is 45.8 Å². The lowest BCUT2D eigenvalue weighted by Gasteiger charge is -2.04. The van der Waals surface area contributed by atoms with Crippen molar-refractivity contribution in [2.75, 3.05) is 34.4 Å². The Hall–Kier alpha value is -7.38. The van der Waals surface area contributed by atoms with Crippen LogP contribution in [0.2, 0.25) is 0 Å². The van der Waals surface area contributed by atoms with Gasteiger partial charge in [0, 0.05) is 91.1 Å². The summed E-state index contributed by atoms with van der Waals surface area (Å²) in [7, 11) is 6.50. The van der Waals surface area contributed by atoms with Gasteiger partial charge in [0.05, 0.1) is 34.4 Å². The maximum Gasteiger partial charge on any atom is 0.272 e. The van der Waals surface area contributed by atoms with Crippen molar-refractivity contribution < 1.29 is 28.8 Å². The molecule has 6 amide bonds. The van der Waals surface area contributed by atoms with Gasteiger partial charge < -0.3 is 61.6 Å². The molecule has 0 radical (unpaired) electrons. The van der Waals surface area contributed by atoms with Crippen molar-refractivity contribution in [3.05, 3.63) is 84.0 Å². The molecule has 0 bridgehead atoms. The number of carbonyl (C=O) groups is 6. The lowest BCUT2D eigenvalue weighted by Crippen LogP contribution is -2.28. The minimum atomic E-state index is -0.644. The first-order chi connectivity index (χ1) is 25.5. The lowest BCUT2D eigenvalue weighted by atomic mass is 10.3. The van der Waals surface area contributed by atoms with Crippen LogP contribution in [-0.2, 0) is 37.8 Å². The topological polar surface area (TPSA) is 294 Å². The molecule has 4 rings (SSSR count). The Bertz CT molecular complexity index is 2010. The molecule has 4 aromatic rings. The van der Waals surface area contributed by atoms with Crippen molar-refractivity contribution in [1.82, 2.24) is 28.9 Å². The van der Waals surface area contributed by atoms with Crippen LogP contribution >= 0.6 is 0 Å². The first kappa shape index (κ1) is 39.4. The van der Waals surface area contributed by atoms with Crippen molar-refractivity contribution >= 4 is 69.9 Å². The van der Waals surface area contributed by atoms with Crippen LogP contribution in [0.25, 0.3) is 0 Å². The molecule has 20 heteroatoms. The van der Waals surface area contributed by atoms with Gasteiger partial charge in [-0.2, -0.15) is 0 Å². The third kappa shape index (κ3) is 10.6. The zero-order valence-electron chi connectivity index (χ0n) is 30.0. The van der Waals surface area contributed by atoms with Gasteiger partial charge in [-0.05, 0) is 24.3 Å². The van der Waals surface area contributed by atoms with Gasteiger partial charge in [-0.1, -0.05) is 0 Å². The zero-order chi connectivity index (χ0) is 39.7. The van der Waals surface area contributed by atoms with E-state index in [1.54, 1.807) is 49.7 Å². The van der Waals surface area contributed by atoms with Crippen LogP contribution in [0.3, 0.4) is 0 Å².